The number of hydrogen-bond acceptors (Lipinski definition) is 9. The Bertz CT molecular complexity index is 1210. The van der Waals surface area contributed by atoms with Crippen molar-refractivity contribution in [3.63, 3.8) is 0 Å². The maximum absolute atomic E-state index is 13.1. The minimum atomic E-state index is -1.08. The van der Waals surface area contributed by atoms with E-state index in [2.05, 4.69) is 15.2 Å². The number of aryl methyl sites for hydroxylation is 1. The minimum Gasteiger partial charge on any atom is -0.501 e. The Morgan fingerprint density at radius 2 is 2.03 bits per heavy atom. The lowest BCUT2D eigenvalue weighted by molar-refractivity contribution is 0.0715. The number of nitrogens with one attached hydrogen (secondary N) is 1. The molecule has 192 valence electrons. The van der Waals surface area contributed by atoms with Crippen LogP contribution in [0.25, 0.3) is 0 Å². The molecule has 4 aliphatic heterocycles. The van der Waals surface area contributed by atoms with Crippen molar-refractivity contribution in [1.29, 1.82) is 0 Å². The number of imidazole rings is 1. The molecular formula is C24H31N7O4S. The molecule has 1 N–H and O–H groups in total. The number of hydrogen-bond donors (Lipinski definition) is 1. The van der Waals surface area contributed by atoms with Gasteiger partial charge in [-0.3, -0.25) is 9.00 Å². The lowest BCUT2D eigenvalue weighted by atomic mass is 10.1. The van der Waals surface area contributed by atoms with Crippen LogP contribution in [0.5, 0.6) is 0 Å². The SMILES string of the molecule is CN(C(=O)c1cn2c(n1)CN(c1nc3c(c(NC4CCOCC4)n1)S(=O)CC3)CC2)C1C=COCC1. The van der Waals surface area contributed by atoms with E-state index in [1.54, 1.807) is 11.2 Å². The normalized spacial score (nSPS) is 23.6. The quantitative estimate of drug-likeness (QED) is 0.632. The van der Waals surface area contributed by atoms with Gasteiger partial charge < -0.3 is 29.2 Å². The van der Waals surface area contributed by atoms with Crippen LogP contribution in [0.3, 0.4) is 0 Å². The van der Waals surface area contributed by atoms with Crippen LogP contribution in [0.1, 0.15) is 41.3 Å². The molecule has 0 aliphatic carbocycles. The van der Waals surface area contributed by atoms with Crippen LogP contribution in [0, 0.1) is 0 Å². The topological polar surface area (TPSA) is 115 Å². The zero-order valence-electron chi connectivity index (χ0n) is 20.4. The molecule has 2 atom stereocenters. The van der Waals surface area contributed by atoms with Crippen molar-refractivity contribution >= 4 is 28.5 Å². The number of carbonyl (C=O) groups is 1. The van der Waals surface area contributed by atoms with Crippen molar-refractivity contribution in [3.05, 3.63) is 35.7 Å². The van der Waals surface area contributed by atoms with Crippen LogP contribution >= 0.6 is 0 Å². The summed E-state index contributed by atoms with van der Waals surface area (Å²) in [7, 11) is 0.728. The first-order chi connectivity index (χ1) is 17.6. The third-order valence-corrected chi connectivity index (χ3v) is 8.75. The highest BCUT2D eigenvalue weighted by atomic mass is 32.2. The maximum atomic E-state index is 13.1. The van der Waals surface area contributed by atoms with Gasteiger partial charge in [-0.15, -0.1) is 0 Å². The zero-order chi connectivity index (χ0) is 24.6. The van der Waals surface area contributed by atoms with Crippen LogP contribution in [-0.4, -0.2) is 85.8 Å². The Hall–Kier alpha value is -2.99. The summed E-state index contributed by atoms with van der Waals surface area (Å²) in [5, 5.41) is 3.54. The molecule has 0 radical (unpaired) electrons. The summed E-state index contributed by atoms with van der Waals surface area (Å²) in [6.45, 7) is 3.94. The first-order valence-electron chi connectivity index (χ1n) is 12.6. The predicted octanol–water partition coefficient (Wildman–Crippen LogP) is 1.32. The summed E-state index contributed by atoms with van der Waals surface area (Å²) in [5.74, 6) is 2.61. The molecule has 0 aromatic carbocycles. The summed E-state index contributed by atoms with van der Waals surface area (Å²) in [6, 6.07) is 0.257. The van der Waals surface area contributed by atoms with Crippen molar-refractivity contribution in [1.82, 2.24) is 24.4 Å². The second-order valence-electron chi connectivity index (χ2n) is 9.61. The van der Waals surface area contributed by atoms with E-state index in [0.29, 0.717) is 55.9 Å². The molecule has 4 aliphatic rings. The maximum Gasteiger partial charge on any atom is 0.274 e. The van der Waals surface area contributed by atoms with Crippen LogP contribution in [-0.2, 0) is 39.8 Å². The Kier molecular flexibility index (Phi) is 6.38. The van der Waals surface area contributed by atoms with Crippen LogP contribution in [0.2, 0.25) is 0 Å². The average Bonchev–Trinajstić information content (AvgIpc) is 3.52. The van der Waals surface area contributed by atoms with Gasteiger partial charge in [0.1, 0.15) is 22.2 Å². The Morgan fingerprint density at radius 3 is 2.83 bits per heavy atom. The molecule has 11 nitrogen and oxygen atoms in total. The number of rotatable bonds is 5. The molecule has 12 heteroatoms. The van der Waals surface area contributed by atoms with Gasteiger partial charge in [-0.25, -0.2) is 9.97 Å². The fourth-order valence-electron chi connectivity index (χ4n) is 5.14. The summed E-state index contributed by atoms with van der Waals surface area (Å²) in [5.41, 5.74) is 1.31. The molecule has 2 aromatic heterocycles. The highest BCUT2D eigenvalue weighted by Crippen LogP contribution is 2.32. The van der Waals surface area contributed by atoms with Crippen LogP contribution < -0.4 is 10.2 Å². The molecule has 1 saturated heterocycles. The summed E-state index contributed by atoms with van der Waals surface area (Å²) < 4.78 is 25.5. The Balaban J connectivity index is 1.22. The molecule has 2 unspecified atom stereocenters. The van der Waals surface area contributed by atoms with E-state index in [4.69, 9.17) is 19.4 Å². The first-order valence-corrected chi connectivity index (χ1v) is 13.9. The van der Waals surface area contributed by atoms with E-state index < -0.39 is 10.8 Å². The fraction of sp³-hybridized carbons (Fsp3) is 0.583. The van der Waals surface area contributed by atoms with E-state index in [1.165, 1.54) is 0 Å². The molecule has 0 spiro atoms. The first kappa shape index (κ1) is 23.4. The number of likely N-dealkylation sites (N-methyl/N-ethyl adjacent to an activating group) is 1. The van der Waals surface area contributed by atoms with Crippen molar-refractivity contribution in [2.75, 3.05) is 49.4 Å². The van der Waals surface area contributed by atoms with Crippen molar-refractivity contribution in [2.24, 2.45) is 0 Å². The number of ether oxygens (including phenoxy) is 2. The zero-order valence-corrected chi connectivity index (χ0v) is 21.2. The van der Waals surface area contributed by atoms with E-state index in [-0.39, 0.29) is 18.0 Å². The molecule has 0 bridgehead atoms. The van der Waals surface area contributed by atoms with Gasteiger partial charge in [-0.1, -0.05) is 0 Å². The number of carbonyl (C=O) groups excluding carboxylic acids is 1. The third kappa shape index (κ3) is 4.47. The van der Waals surface area contributed by atoms with Crippen LogP contribution in [0.15, 0.2) is 23.4 Å². The third-order valence-electron chi connectivity index (χ3n) is 7.29. The molecule has 2 aromatic rings. The van der Waals surface area contributed by atoms with Gasteiger partial charge in [0.2, 0.25) is 5.95 Å². The minimum absolute atomic E-state index is 0.00786. The summed E-state index contributed by atoms with van der Waals surface area (Å²) in [6.07, 6.45) is 8.67. The highest BCUT2D eigenvalue weighted by molar-refractivity contribution is 7.85. The monoisotopic (exact) mass is 513 g/mol. The van der Waals surface area contributed by atoms with Gasteiger partial charge in [0.15, 0.2) is 0 Å². The Labute approximate surface area is 212 Å². The van der Waals surface area contributed by atoms with Gasteiger partial charge in [-0.2, -0.15) is 4.98 Å². The number of nitrogens with zero attached hydrogens (tertiary/aromatic N) is 6. The van der Waals surface area contributed by atoms with Gasteiger partial charge in [-0.05, 0) is 18.9 Å². The number of amides is 1. The molecule has 36 heavy (non-hydrogen) atoms. The van der Waals surface area contributed by atoms with Crippen LogP contribution in [0.4, 0.5) is 11.8 Å². The standard InChI is InChI=1S/C24H31N7O4S/c1-29(17-4-11-35-12-5-17)23(32)19-14-30-7-8-31(15-20(30)26-19)24-27-18-6-13-36(33)21(18)22(28-24)25-16-2-9-34-10-3-16/h4,11,14,16-17H,2-3,5-10,12-13,15H2,1H3,(H,25,27,28). The molecular weight excluding hydrogens is 482 g/mol. The van der Waals surface area contributed by atoms with E-state index in [0.717, 1.165) is 48.9 Å². The molecule has 0 saturated carbocycles. The Morgan fingerprint density at radius 1 is 1.17 bits per heavy atom. The van der Waals surface area contributed by atoms with Gasteiger partial charge >= 0.3 is 0 Å². The smallest absolute Gasteiger partial charge is 0.274 e. The van der Waals surface area contributed by atoms with Crippen molar-refractivity contribution in [3.8, 4) is 0 Å². The number of anilines is 2. The lowest BCUT2D eigenvalue weighted by Gasteiger charge is -2.29. The second-order valence-corrected chi connectivity index (χ2v) is 11.1. The predicted molar refractivity (Wildman–Crippen MR) is 133 cm³/mol. The molecule has 6 rings (SSSR count). The molecule has 1 fully saturated rings. The lowest BCUT2D eigenvalue weighted by Crippen LogP contribution is -2.37. The van der Waals surface area contributed by atoms with E-state index in [9.17, 15) is 9.00 Å². The summed E-state index contributed by atoms with van der Waals surface area (Å²) in [4.78, 5) is 32.0. The van der Waals surface area contributed by atoms with E-state index >= 15 is 0 Å². The fourth-order valence-corrected chi connectivity index (χ4v) is 6.45. The van der Waals surface area contributed by atoms with Gasteiger partial charge in [0.05, 0.1) is 41.9 Å². The largest absolute Gasteiger partial charge is 0.501 e. The van der Waals surface area contributed by atoms with Crippen molar-refractivity contribution in [2.45, 2.75) is 55.8 Å². The van der Waals surface area contributed by atoms with Gasteiger partial charge in [0.25, 0.3) is 5.91 Å². The second kappa shape index (κ2) is 9.81. The molecule has 6 heterocycles. The van der Waals surface area contributed by atoms with E-state index in [1.807, 2.05) is 23.9 Å². The van der Waals surface area contributed by atoms with Gasteiger partial charge in [0, 0.05) is 64.2 Å². The number of fused-ring (bicyclic) bond motifs is 2. The average molecular weight is 514 g/mol. The van der Waals surface area contributed by atoms with Crippen molar-refractivity contribution < 1.29 is 18.5 Å². The highest BCUT2D eigenvalue weighted by Gasteiger charge is 2.31. The molecule has 1 amide bonds. The summed E-state index contributed by atoms with van der Waals surface area (Å²) >= 11 is 0. The number of aromatic nitrogens is 4.